The van der Waals surface area contributed by atoms with Crippen molar-refractivity contribution in [1.82, 2.24) is 14.7 Å². The monoisotopic (exact) mass is 373 g/mol. The molecule has 1 unspecified atom stereocenters. The van der Waals surface area contributed by atoms with Crippen molar-refractivity contribution in [2.24, 2.45) is 0 Å². The van der Waals surface area contributed by atoms with E-state index in [2.05, 4.69) is 5.10 Å². The molecule has 1 aromatic heterocycles. The van der Waals surface area contributed by atoms with Crippen LogP contribution in [0.1, 0.15) is 55.7 Å². The highest BCUT2D eigenvalue weighted by atomic mass is 16.5. The van der Waals surface area contributed by atoms with E-state index in [9.17, 15) is 15.0 Å². The van der Waals surface area contributed by atoms with Crippen LogP contribution in [0.4, 0.5) is 0 Å². The lowest BCUT2D eigenvalue weighted by Crippen LogP contribution is -2.49. The Bertz CT molecular complexity index is 800. The predicted molar refractivity (Wildman–Crippen MR) is 101 cm³/mol. The number of hydrogen-bond donors (Lipinski definition) is 2. The minimum atomic E-state index is -1.18. The van der Waals surface area contributed by atoms with Crippen LogP contribution >= 0.6 is 0 Å². The first kappa shape index (κ1) is 19.4. The van der Waals surface area contributed by atoms with Crippen molar-refractivity contribution >= 4 is 6.29 Å². The SMILES string of the molecule is CC(C)n1nccc1C(C)(O)N1CCC[C@H]1COc1cccc(O)c1C=O. The molecule has 1 saturated heterocycles. The van der Waals surface area contributed by atoms with Gasteiger partial charge < -0.3 is 14.9 Å². The molecule has 27 heavy (non-hydrogen) atoms. The molecule has 1 aliphatic rings. The third-order valence-corrected chi connectivity index (χ3v) is 5.17. The van der Waals surface area contributed by atoms with Crippen LogP contribution in [0.3, 0.4) is 0 Å². The second kappa shape index (κ2) is 7.70. The molecule has 1 fully saturated rings. The van der Waals surface area contributed by atoms with Crippen LogP contribution < -0.4 is 4.74 Å². The molecule has 0 bridgehead atoms. The number of aldehydes is 1. The van der Waals surface area contributed by atoms with Gasteiger partial charge in [0.05, 0.1) is 11.3 Å². The molecule has 0 radical (unpaired) electrons. The molecule has 0 aliphatic carbocycles. The van der Waals surface area contributed by atoms with Crippen LogP contribution in [0.2, 0.25) is 0 Å². The molecule has 2 N–H and O–H groups in total. The van der Waals surface area contributed by atoms with E-state index >= 15 is 0 Å². The number of hydrogen-bond acceptors (Lipinski definition) is 6. The number of phenolic OH excluding ortho intramolecular Hbond substituents is 1. The number of ether oxygens (including phenoxy) is 1. The molecular weight excluding hydrogens is 346 g/mol. The quantitative estimate of drug-likeness (QED) is 0.726. The molecule has 1 aliphatic heterocycles. The van der Waals surface area contributed by atoms with Gasteiger partial charge in [0, 0.05) is 24.8 Å². The van der Waals surface area contributed by atoms with E-state index in [1.54, 1.807) is 25.3 Å². The number of nitrogens with zero attached hydrogens (tertiary/aromatic N) is 3. The number of aromatic hydroxyl groups is 1. The first-order chi connectivity index (χ1) is 12.9. The Morgan fingerprint density at radius 3 is 2.89 bits per heavy atom. The van der Waals surface area contributed by atoms with Gasteiger partial charge in [0.15, 0.2) is 12.0 Å². The Hall–Kier alpha value is -2.38. The van der Waals surface area contributed by atoms with Crippen molar-refractivity contribution in [2.45, 2.75) is 51.4 Å². The fourth-order valence-electron chi connectivity index (χ4n) is 3.79. The second-order valence-corrected chi connectivity index (χ2v) is 7.38. The van der Waals surface area contributed by atoms with Crippen molar-refractivity contribution in [3.63, 3.8) is 0 Å². The van der Waals surface area contributed by atoms with Gasteiger partial charge in [-0.2, -0.15) is 5.10 Å². The van der Waals surface area contributed by atoms with Crippen LogP contribution in [-0.4, -0.2) is 50.4 Å². The van der Waals surface area contributed by atoms with E-state index in [0.717, 1.165) is 25.1 Å². The van der Waals surface area contributed by atoms with Gasteiger partial charge in [-0.15, -0.1) is 0 Å². The highest BCUT2D eigenvalue weighted by Crippen LogP contribution is 2.34. The van der Waals surface area contributed by atoms with Gasteiger partial charge in [-0.25, -0.2) is 0 Å². The summed E-state index contributed by atoms with van der Waals surface area (Å²) >= 11 is 0. The van der Waals surface area contributed by atoms with Crippen molar-refractivity contribution in [3.05, 3.63) is 41.7 Å². The van der Waals surface area contributed by atoms with Gasteiger partial charge in [0.25, 0.3) is 0 Å². The lowest BCUT2D eigenvalue weighted by atomic mass is 10.1. The third kappa shape index (κ3) is 3.70. The molecule has 2 aromatic rings. The zero-order chi connectivity index (χ0) is 19.6. The smallest absolute Gasteiger partial charge is 0.158 e. The average molecular weight is 373 g/mol. The summed E-state index contributed by atoms with van der Waals surface area (Å²) < 4.78 is 7.68. The Morgan fingerprint density at radius 2 is 2.19 bits per heavy atom. The molecule has 0 spiro atoms. The number of phenols is 1. The summed E-state index contributed by atoms with van der Waals surface area (Å²) in [5.74, 6) is 0.252. The molecule has 7 heteroatoms. The fraction of sp³-hybridized carbons (Fsp3) is 0.500. The maximum Gasteiger partial charge on any atom is 0.158 e. The van der Waals surface area contributed by atoms with E-state index in [4.69, 9.17) is 4.74 Å². The molecule has 1 aromatic carbocycles. The summed E-state index contributed by atoms with van der Waals surface area (Å²) in [5, 5.41) is 25.5. The number of likely N-dealkylation sites (tertiary alicyclic amines) is 1. The van der Waals surface area contributed by atoms with E-state index in [1.807, 2.05) is 29.5 Å². The number of carbonyl (C=O) groups is 1. The maximum absolute atomic E-state index is 11.3. The predicted octanol–water partition coefficient (Wildman–Crippen LogP) is 2.69. The van der Waals surface area contributed by atoms with Crippen molar-refractivity contribution in [3.8, 4) is 11.5 Å². The summed E-state index contributed by atoms with van der Waals surface area (Å²) in [6, 6.07) is 6.72. The van der Waals surface area contributed by atoms with Crippen LogP contribution in [0.25, 0.3) is 0 Å². The van der Waals surface area contributed by atoms with Crippen molar-refractivity contribution in [1.29, 1.82) is 0 Å². The van der Waals surface area contributed by atoms with Crippen LogP contribution in [-0.2, 0) is 5.72 Å². The topological polar surface area (TPSA) is 87.8 Å². The standard InChI is InChI=1S/C20H27N3O4/c1-14(2)23-19(9-10-21-23)20(3,26)22-11-5-6-15(22)13-27-18-8-4-7-17(25)16(18)12-24/h4,7-10,12,14-15,25-26H,5-6,11,13H2,1-3H3/t15-,20?/m0/s1. The Balaban J connectivity index is 1.78. The number of aromatic nitrogens is 2. The van der Waals surface area contributed by atoms with Crippen molar-refractivity contribution in [2.75, 3.05) is 13.2 Å². The number of benzene rings is 1. The first-order valence-corrected chi connectivity index (χ1v) is 9.29. The number of rotatable bonds is 7. The lowest BCUT2D eigenvalue weighted by molar-refractivity contribution is -0.119. The van der Waals surface area contributed by atoms with Gasteiger partial charge in [-0.3, -0.25) is 14.4 Å². The highest BCUT2D eigenvalue weighted by Gasteiger charge is 2.41. The molecular formula is C20H27N3O4. The molecule has 0 amide bonds. The summed E-state index contributed by atoms with van der Waals surface area (Å²) in [7, 11) is 0. The highest BCUT2D eigenvalue weighted by molar-refractivity contribution is 5.83. The van der Waals surface area contributed by atoms with Crippen LogP contribution in [0.5, 0.6) is 11.5 Å². The van der Waals surface area contributed by atoms with E-state index in [-0.39, 0.29) is 23.4 Å². The minimum Gasteiger partial charge on any atom is -0.507 e. The second-order valence-electron chi connectivity index (χ2n) is 7.38. The maximum atomic E-state index is 11.3. The Labute approximate surface area is 159 Å². The van der Waals surface area contributed by atoms with E-state index in [1.165, 1.54) is 6.07 Å². The zero-order valence-electron chi connectivity index (χ0n) is 16.0. The van der Waals surface area contributed by atoms with Crippen molar-refractivity contribution < 1.29 is 19.7 Å². The van der Waals surface area contributed by atoms with Crippen LogP contribution in [0.15, 0.2) is 30.5 Å². The lowest BCUT2D eigenvalue weighted by Gasteiger charge is -2.38. The molecule has 7 nitrogen and oxygen atoms in total. The average Bonchev–Trinajstić information content (AvgIpc) is 3.29. The van der Waals surface area contributed by atoms with Crippen LogP contribution in [0, 0.1) is 0 Å². The third-order valence-electron chi connectivity index (χ3n) is 5.17. The molecule has 2 atom stereocenters. The van der Waals surface area contributed by atoms with E-state index in [0.29, 0.717) is 18.6 Å². The molecule has 3 rings (SSSR count). The summed E-state index contributed by atoms with van der Waals surface area (Å²) in [4.78, 5) is 13.2. The summed E-state index contributed by atoms with van der Waals surface area (Å²) in [5.41, 5.74) is -0.292. The van der Waals surface area contributed by atoms with Gasteiger partial charge in [0.1, 0.15) is 18.1 Å². The first-order valence-electron chi connectivity index (χ1n) is 9.29. The van der Waals surface area contributed by atoms with E-state index < -0.39 is 5.72 Å². The number of aliphatic hydroxyl groups is 1. The largest absolute Gasteiger partial charge is 0.507 e. The van der Waals surface area contributed by atoms with Gasteiger partial charge in [-0.1, -0.05) is 6.07 Å². The normalized spacial score (nSPS) is 20.0. The Morgan fingerprint density at radius 1 is 1.41 bits per heavy atom. The molecule has 2 heterocycles. The molecule has 146 valence electrons. The van der Waals surface area contributed by atoms with Gasteiger partial charge in [-0.05, 0) is 51.8 Å². The minimum absolute atomic E-state index is 0.0163. The molecule has 0 saturated carbocycles. The Kier molecular flexibility index (Phi) is 5.53. The van der Waals surface area contributed by atoms with Gasteiger partial charge in [0.2, 0.25) is 0 Å². The van der Waals surface area contributed by atoms with Gasteiger partial charge >= 0.3 is 0 Å². The zero-order valence-corrected chi connectivity index (χ0v) is 16.0. The summed E-state index contributed by atoms with van der Waals surface area (Å²) in [6.07, 6.45) is 4.12. The summed E-state index contributed by atoms with van der Waals surface area (Å²) in [6.45, 7) is 6.90. The number of carbonyl (C=O) groups excluding carboxylic acids is 1. The fourth-order valence-corrected chi connectivity index (χ4v) is 3.79.